The maximum absolute atomic E-state index is 12.5. The zero-order chi connectivity index (χ0) is 23.5. The first-order valence-corrected chi connectivity index (χ1v) is 12.0. The van der Waals surface area contributed by atoms with Crippen molar-refractivity contribution in [3.8, 4) is 0 Å². The van der Waals surface area contributed by atoms with Gasteiger partial charge in [-0.25, -0.2) is 0 Å². The summed E-state index contributed by atoms with van der Waals surface area (Å²) in [6, 6.07) is 16.1. The summed E-state index contributed by atoms with van der Waals surface area (Å²) in [5, 5.41) is 9.46. The number of anilines is 1. The molecule has 34 heavy (non-hydrogen) atoms. The molecule has 5 rings (SSSR count). The molecule has 1 atom stereocenters. The lowest BCUT2D eigenvalue weighted by molar-refractivity contribution is 0.102. The van der Waals surface area contributed by atoms with Crippen LogP contribution in [0.25, 0.3) is 5.57 Å². The van der Waals surface area contributed by atoms with E-state index in [2.05, 4.69) is 51.8 Å². The third-order valence-corrected chi connectivity index (χ3v) is 6.91. The number of pyridine rings is 1. The maximum atomic E-state index is 12.5. The molecular weight excluding hydrogens is 444 g/mol. The van der Waals surface area contributed by atoms with Gasteiger partial charge in [-0.15, -0.1) is 0 Å². The van der Waals surface area contributed by atoms with Crippen molar-refractivity contribution in [2.45, 2.75) is 32.2 Å². The highest BCUT2D eigenvalue weighted by atomic mass is 35.5. The number of carbonyl (C=O) groups is 1. The van der Waals surface area contributed by atoms with Crippen LogP contribution in [0.5, 0.6) is 0 Å². The number of carbonyl (C=O) groups excluding carboxylic acids is 1. The van der Waals surface area contributed by atoms with Gasteiger partial charge >= 0.3 is 0 Å². The van der Waals surface area contributed by atoms with Gasteiger partial charge in [0, 0.05) is 35.9 Å². The predicted molar refractivity (Wildman–Crippen MR) is 137 cm³/mol. The van der Waals surface area contributed by atoms with Crippen LogP contribution >= 0.6 is 11.6 Å². The van der Waals surface area contributed by atoms with Crippen LogP contribution in [0.1, 0.15) is 34.3 Å². The summed E-state index contributed by atoms with van der Waals surface area (Å²) in [6.07, 6.45) is 8.46. The molecule has 0 saturated carbocycles. The highest BCUT2D eigenvalue weighted by Crippen LogP contribution is 2.25. The molecule has 1 unspecified atom stereocenters. The first-order valence-electron chi connectivity index (χ1n) is 11.6. The average molecular weight is 471 g/mol. The van der Waals surface area contributed by atoms with Crippen molar-refractivity contribution in [2.24, 2.45) is 4.99 Å². The first-order chi connectivity index (χ1) is 16.6. The summed E-state index contributed by atoms with van der Waals surface area (Å²) in [6.45, 7) is 3.69. The second-order valence-electron chi connectivity index (χ2n) is 8.85. The van der Waals surface area contributed by atoms with Crippen molar-refractivity contribution in [1.29, 1.82) is 0 Å². The lowest BCUT2D eigenvalue weighted by atomic mass is 9.90. The van der Waals surface area contributed by atoms with Gasteiger partial charge in [0.2, 0.25) is 0 Å². The molecule has 1 amide bonds. The fourth-order valence-electron chi connectivity index (χ4n) is 4.71. The SMILES string of the molecule is Cc1ccc(NC(=O)c2cccnc2)cc1CCC1CC(C2=c3cccc(Cl)c3=NC2)=CCN1. The number of benzene rings is 2. The predicted octanol–water partition coefficient (Wildman–Crippen LogP) is 4.00. The molecule has 2 aliphatic heterocycles. The smallest absolute Gasteiger partial charge is 0.257 e. The maximum Gasteiger partial charge on any atom is 0.257 e. The molecule has 172 valence electrons. The lowest BCUT2D eigenvalue weighted by Crippen LogP contribution is -2.35. The molecule has 0 bridgehead atoms. The van der Waals surface area contributed by atoms with Crippen LogP contribution in [0.4, 0.5) is 5.69 Å². The summed E-state index contributed by atoms with van der Waals surface area (Å²) in [5.74, 6) is -0.147. The van der Waals surface area contributed by atoms with Gasteiger partial charge in [-0.2, -0.15) is 0 Å². The molecule has 3 heterocycles. The number of hydrogen-bond acceptors (Lipinski definition) is 4. The number of aromatic nitrogens is 1. The van der Waals surface area contributed by atoms with Crippen molar-refractivity contribution in [3.05, 3.63) is 105 Å². The van der Waals surface area contributed by atoms with Gasteiger partial charge in [-0.1, -0.05) is 35.9 Å². The van der Waals surface area contributed by atoms with Gasteiger partial charge in [0.25, 0.3) is 5.91 Å². The molecular formula is C28H27ClN4O. The summed E-state index contributed by atoms with van der Waals surface area (Å²) >= 11 is 6.35. The van der Waals surface area contributed by atoms with Crippen molar-refractivity contribution in [3.63, 3.8) is 0 Å². The van der Waals surface area contributed by atoms with Crippen LogP contribution in [0.2, 0.25) is 5.02 Å². The van der Waals surface area contributed by atoms with Gasteiger partial charge in [0.15, 0.2) is 0 Å². The van der Waals surface area contributed by atoms with Crippen LogP contribution in [0, 0.1) is 6.92 Å². The molecule has 2 aromatic carbocycles. The Morgan fingerprint density at radius 1 is 1.21 bits per heavy atom. The topological polar surface area (TPSA) is 66.4 Å². The molecule has 2 aliphatic rings. The third-order valence-electron chi connectivity index (χ3n) is 6.61. The van der Waals surface area contributed by atoms with Gasteiger partial charge in [0.1, 0.15) is 0 Å². The standard InChI is InChI=1S/C28H27ClN4O/c1-18-7-9-23(33-28(34)21-4-3-12-30-16-21)14-19(18)8-10-22-15-20(11-13-31-22)25-17-32-27-24(25)5-2-6-26(27)29/h2-7,9,11-12,14,16,22,31H,8,10,13,15,17H2,1H3,(H,33,34). The van der Waals surface area contributed by atoms with Gasteiger partial charge in [-0.3, -0.25) is 14.8 Å². The lowest BCUT2D eigenvalue weighted by Gasteiger charge is -2.25. The van der Waals surface area contributed by atoms with Crippen LogP contribution < -0.4 is 21.2 Å². The molecule has 0 aliphatic carbocycles. The molecule has 5 nitrogen and oxygen atoms in total. The largest absolute Gasteiger partial charge is 0.322 e. The third kappa shape index (κ3) is 4.81. The Balaban J connectivity index is 1.26. The monoisotopic (exact) mass is 470 g/mol. The molecule has 1 aromatic heterocycles. The number of nitrogens with one attached hydrogen (secondary N) is 2. The number of amides is 1. The molecule has 0 fully saturated rings. The number of nitrogens with zero attached hydrogens (tertiary/aromatic N) is 2. The minimum Gasteiger partial charge on any atom is -0.322 e. The van der Waals surface area contributed by atoms with E-state index in [0.717, 1.165) is 41.9 Å². The van der Waals surface area contributed by atoms with Gasteiger partial charge in [0.05, 0.1) is 22.5 Å². The quantitative estimate of drug-likeness (QED) is 0.572. The van der Waals surface area contributed by atoms with E-state index in [1.807, 2.05) is 18.2 Å². The van der Waals surface area contributed by atoms with E-state index in [1.54, 1.807) is 24.5 Å². The number of halogens is 1. The van der Waals surface area contributed by atoms with Crippen molar-refractivity contribution >= 4 is 28.8 Å². The van der Waals surface area contributed by atoms with Crippen LogP contribution in [0.3, 0.4) is 0 Å². The van der Waals surface area contributed by atoms with E-state index in [-0.39, 0.29) is 5.91 Å². The Morgan fingerprint density at radius 3 is 2.97 bits per heavy atom. The first kappa shape index (κ1) is 22.5. The molecule has 0 radical (unpaired) electrons. The second kappa shape index (κ2) is 9.92. The van der Waals surface area contributed by atoms with Gasteiger partial charge in [-0.05, 0) is 78.8 Å². The van der Waals surface area contributed by atoms with E-state index in [0.29, 0.717) is 18.2 Å². The summed E-state index contributed by atoms with van der Waals surface area (Å²) in [7, 11) is 0. The number of fused-ring (bicyclic) bond motifs is 1. The van der Waals surface area contributed by atoms with Gasteiger partial charge < -0.3 is 10.6 Å². The van der Waals surface area contributed by atoms with Crippen LogP contribution in [-0.2, 0) is 6.42 Å². The highest BCUT2D eigenvalue weighted by molar-refractivity contribution is 6.30. The van der Waals surface area contributed by atoms with Crippen molar-refractivity contribution in [2.75, 3.05) is 18.4 Å². The van der Waals surface area contributed by atoms with Crippen LogP contribution in [0.15, 0.2) is 77.6 Å². The molecule has 6 heteroatoms. The number of rotatable bonds is 6. The highest BCUT2D eigenvalue weighted by Gasteiger charge is 2.20. The average Bonchev–Trinajstić information content (AvgIpc) is 3.31. The number of aryl methyl sites for hydroxylation is 2. The zero-order valence-electron chi connectivity index (χ0n) is 19.1. The molecule has 3 aromatic rings. The van der Waals surface area contributed by atoms with Crippen molar-refractivity contribution in [1.82, 2.24) is 10.3 Å². The van der Waals surface area contributed by atoms with Crippen LogP contribution in [-0.4, -0.2) is 30.0 Å². The second-order valence-corrected chi connectivity index (χ2v) is 9.25. The minimum atomic E-state index is -0.147. The Hall–Kier alpha value is -3.28. The molecule has 2 N–H and O–H groups in total. The molecule has 0 saturated heterocycles. The Labute approximate surface area is 204 Å². The number of hydrogen-bond donors (Lipinski definition) is 2. The summed E-state index contributed by atoms with van der Waals surface area (Å²) in [4.78, 5) is 21.2. The Bertz CT molecular complexity index is 1380. The van der Waals surface area contributed by atoms with E-state index in [4.69, 9.17) is 11.6 Å². The zero-order valence-corrected chi connectivity index (χ0v) is 19.9. The van der Waals surface area contributed by atoms with Crippen molar-refractivity contribution < 1.29 is 4.79 Å². The Morgan fingerprint density at radius 2 is 2.12 bits per heavy atom. The van der Waals surface area contributed by atoms with E-state index < -0.39 is 0 Å². The van der Waals surface area contributed by atoms with E-state index in [1.165, 1.54) is 27.5 Å². The van der Waals surface area contributed by atoms with E-state index >= 15 is 0 Å². The fraction of sp³-hybridized carbons (Fsp3) is 0.250. The minimum absolute atomic E-state index is 0.147. The summed E-state index contributed by atoms with van der Waals surface area (Å²) in [5.41, 5.74) is 6.53. The normalized spacial score (nSPS) is 17.1. The number of para-hydroxylation sites is 1. The summed E-state index contributed by atoms with van der Waals surface area (Å²) < 4.78 is 0. The fourth-order valence-corrected chi connectivity index (χ4v) is 4.94. The van der Waals surface area contributed by atoms with E-state index in [9.17, 15) is 4.79 Å². The molecule has 0 spiro atoms. The Kier molecular flexibility index (Phi) is 6.57.